The van der Waals surface area contributed by atoms with E-state index in [1.807, 2.05) is 25.1 Å². The van der Waals surface area contributed by atoms with E-state index >= 15 is 0 Å². The maximum atomic E-state index is 13.4. The average Bonchev–Trinajstić information content (AvgIpc) is 3.30. The van der Waals surface area contributed by atoms with Crippen molar-refractivity contribution >= 4 is 11.6 Å². The quantitative estimate of drug-likeness (QED) is 0.664. The summed E-state index contributed by atoms with van der Waals surface area (Å²) in [5, 5.41) is 9.84. The molecule has 1 fully saturated rings. The number of halogens is 2. The Morgan fingerprint density at radius 3 is 2.75 bits per heavy atom. The van der Waals surface area contributed by atoms with Crippen LogP contribution in [0.4, 0.5) is 20.4 Å². The van der Waals surface area contributed by atoms with Crippen LogP contribution < -0.4 is 10.1 Å². The Kier molecular flexibility index (Phi) is 5.21. The summed E-state index contributed by atoms with van der Waals surface area (Å²) in [6.45, 7) is 4.10. The highest BCUT2D eigenvalue weighted by Gasteiger charge is 2.16. The summed E-state index contributed by atoms with van der Waals surface area (Å²) < 4.78 is 38.1. The number of nitrogens with zero attached hydrogens (tertiary/aromatic N) is 2. The van der Waals surface area contributed by atoms with E-state index in [4.69, 9.17) is 9.47 Å². The molecule has 6 nitrogen and oxygen atoms in total. The molecule has 4 rings (SSSR count). The van der Waals surface area contributed by atoms with Crippen LogP contribution in [0.25, 0.3) is 11.4 Å². The highest BCUT2D eigenvalue weighted by Crippen LogP contribution is 2.25. The van der Waals surface area contributed by atoms with Crippen LogP contribution in [0, 0.1) is 24.5 Å². The van der Waals surface area contributed by atoms with Gasteiger partial charge in [-0.3, -0.25) is 5.10 Å². The summed E-state index contributed by atoms with van der Waals surface area (Å²) >= 11 is 0. The molecule has 8 heteroatoms. The Balaban J connectivity index is 1.47. The number of nitrogens with one attached hydrogen (secondary N) is 2. The first-order valence-corrected chi connectivity index (χ1v) is 9.03. The predicted molar refractivity (Wildman–Crippen MR) is 101 cm³/mol. The van der Waals surface area contributed by atoms with Crippen molar-refractivity contribution in [3.05, 3.63) is 53.6 Å². The van der Waals surface area contributed by atoms with Gasteiger partial charge in [-0.1, -0.05) is 0 Å². The zero-order chi connectivity index (χ0) is 19.5. The second-order valence-corrected chi connectivity index (χ2v) is 6.87. The Hall–Kier alpha value is -3.00. The number of ether oxygens (including phenoxy) is 2. The number of aryl methyl sites for hydroxylation is 1. The van der Waals surface area contributed by atoms with Crippen LogP contribution in [0.2, 0.25) is 0 Å². The monoisotopic (exact) mass is 386 g/mol. The maximum Gasteiger partial charge on any atom is 0.246 e. The minimum absolute atomic E-state index is 0.270. The van der Waals surface area contributed by atoms with E-state index in [-0.39, 0.29) is 11.4 Å². The molecule has 2 N–H and O–H groups in total. The molecule has 0 bridgehead atoms. The van der Waals surface area contributed by atoms with Crippen molar-refractivity contribution < 1.29 is 18.3 Å². The zero-order valence-electron chi connectivity index (χ0n) is 15.3. The Labute approximate surface area is 160 Å². The van der Waals surface area contributed by atoms with Crippen LogP contribution in [-0.2, 0) is 4.74 Å². The smallest absolute Gasteiger partial charge is 0.246 e. The molecule has 0 radical (unpaired) electrons. The molecule has 1 unspecified atom stereocenters. The normalized spacial score (nSPS) is 16.3. The second-order valence-electron chi connectivity index (χ2n) is 6.87. The minimum Gasteiger partial charge on any atom is -0.493 e. The van der Waals surface area contributed by atoms with E-state index < -0.39 is 11.6 Å². The Morgan fingerprint density at radius 1 is 1.18 bits per heavy atom. The van der Waals surface area contributed by atoms with E-state index in [2.05, 4.69) is 20.5 Å². The van der Waals surface area contributed by atoms with Crippen LogP contribution in [0.1, 0.15) is 12.0 Å². The van der Waals surface area contributed by atoms with Gasteiger partial charge in [-0.2, -0.15) is 4.98 Å². The lowest BCUT2D eigenvalue weighted by Crippen LogP contribution is -2.11. The summed E-state index contributed by atoms with van der Waals surface area (Å²) in [4.78, 5) is 4.26. The van der Waals surface area contributed by atoms with Crippen LogP contribution in [0.5, 0.6) is 5.75 Å². The average molecular weight is 386 g/mol. The van der Waals surface area contributed by atoms with Crippen molar-refractivity contribution in [1.82, 2.24) is 15.2 Å². The van der Waals surface area contributed by atoms with Gasteiger partial charge in [-0.25, -0.2) is 8.78 Å². The number of anilines is 2. The van der Waals surface area contributed by atoms with E-state index in [0.29, 0.717) is 18.5 Å². The zero-order valence-corrected chi connectivity index (χ0v) is 15.3. The predicted octanol–water partition coefficient (Wildman–Crippen LogP) is 4.22. The standard InChI is InChI=1S/C20H20F2N4O2/c1-12-4-17(9-18(5-12)28-11-13-2-3-27-10-13)23-20-24-19(25-26-20)14-6-15(21)8-16(22)7-14/h4-9,13H,2-3,10-11H2,1H3,(H2,23,24,25,26). The molecule has 1 aliphatic heterocycles. The molecule has 0 spiro atoms. The molecule has 28 heavy (non-hydrogen) atoms. The molecule has 2 aromatic carbocycles. The van der Waals surface area contributed by atoms with Gasteiger partial charge >= 0.3 is 0 Å². The molecule has 1 atom stereocenters. The molecular weight excluding hydrogens is 366 g/mol. The van der Waals surface area contributed by atoms with Crippen LogP contribution in [0.15, 0.2) is 36.4 Å². The van der Waals surface area contributed by atoms with Crippen LogP contribution in [-0.4, -0.2) is 35.0 Å². The van der Waals surface area contributed by atoms with Gasteiger partial charge in [-0.15, -0.1) is 5.10 Å². The summed E-state index contributed by atoms with van der Waals surface area (Å²) in [5.41, 5.74) is 2.06. The highest BCUT2D eigenvalue weighted by molar-refractivity contribution is 5.61. The fraction of sp³-hybridized carbons (Fsp3) is 0.300. The number of hydrogen-bond donors (Lipinski definition) is 2. The summed E-state index contributed by atoms with van der Waals surface area (Å²) in [7, 11) is 0. The number of rotatable bonds is 6. The van der Waals surface area contributed by atoms with Crippen molar-refractivity contribution in [1.29, 1.82) is 0 Å². The van der Waals surface area contributed by atoms with Crippen molar-refractivity contribution in [2.75, 3.05) is 25.1 Å². The molecule has 0 aliphatic carbocycles. The van der Waals surface area contributed by atoms with Crippen molar-refractivity contribution in [2.24, 2.45) is 5.92 Å². The summed E-state index contributed by atoms with van der Waals surface area (Å²) in [6, 6.07) is 8.95. The van der Waals surface area contributed by atoms with Gasteiger partial charge in [0.05, 0.1) is 13.2 Å². The lowest BCUT2D eigenvalue weighted by Gasteiger charge is -2.12. The number of hydrogen-bond acceptors (Lipinski definition) is 5. The number of aromatic nitrogens is 3. The van der Waals surface area contributed by atoms with Crippen LogP contribution >= 0.6 is 0 Å². The third-order valence-electron chi connectivity index (χ3n) is 4.44. The van der Waals surface area contributed by atoms with Crippen molar-refractivity contribution in [3.8, 4) is 17.1 Å². The van der Waals surface area contributed by atoms with Gasteiger partial charge < -0.3 is 14.8 Å². The lowest BCUT2D eigenvalue weighted by atomic mass is 10.1. The first-order valence-electron chi connectivity index (χ1n) is 9.03. The van der Waals surface area contributed by atoms with Gasteiger partial charge in [0.2, 0.25) is 5.95 Å². The maximum absolute atomic E-state index is 13.4. The highest BCUT2D eigenvalue weighted by atomic mass is 19.1. The molecule has 1 aromatic heterocycles. The largest absolute Gasteiger partial charge is 0.493 e. The van der Waals surface area contributed by atoms with E-state index in [9.17, 15) is 8.78 Å². The van der Waals surface area contributed by atoms with E-state index in [1.54, 1.807) is 0 Å². The van der Waals surface area contributed by atoms with Gasteiger partial charge in [-0.05, 0) is 43.2 Å². The second kappa shape index (κ2) is 7.93. The topological polar surface area (TPSA) is 72.1 Å². The number of benzene rings is 2. The first kappa shape index (κ1) is 18.4. The Morgan fingerprint density at radius 2 is 2.00 bits per heavy atom. The van der Waals surface area contributed by atoms with Gasteiger partial charge in [0.1, 0.15) is 17.4 Å². The third kappa shape index (κ3) is 4.45. The molecule has 0 saturated carbocycles. The van der Waals surface area contributed by atoms with Gasteiger partial charge in [0, 0.05) is 35.9 Å². The fourth-order valence-electron chi connectivity index (χ4n) is 3.10. The van der Waals surface area contributed by atoms with Crippen molar-refractivity contribution in [2.45, 2.75) is 13.3 Å². The van der Waals surface area contributed by atoms with Crippen LogP contribution in [0.3, 0.4) is 0 Å². The summed E-state index contributed by atoms with van der Waals surface area (Å²) in [6.07, 6.45) is 1.01. The minimum atomic E-state index is -0.672. The van der Waals surface area contributed by atoms with Gasteiger partial charge in [0.15, 0.2) is 5.82 Å². The molecule has 0 amide bonds. The first-order chi connectivity index (χ1) is 13.5. The molecule has 146 valence electrons. The molecule has 1 aliphatic rings. The van der Waals surface area contributed by atoms with E-state index in [0.717, 1.165) is 42.7 Å². The fourth-order valence-corrected chi connectivity index (χ4v) is 3.10. The Bertz CT molecular complexity index is 950. The van der Waals surface area contributed by atoms with E-state index in [1.165, 1.54) is 12.1 Å². The number of H-pyrrole nitrogens is 1. The molecule has 2 heterocycles. The molecular formula is C20H20F2N4O2. The third-order valence-corrected chi connectivity index (χ3v) is 4.44. The molecule has 3 aromatic rings. The summed E-state index contributed by atoms with van der Waals surface area (Å²) in [5.74, 6) is 0.381. The molecule has 1 saturated heterocycles. The van der Waals surface area contributed by atoms with Gasteiger partial charge in [0.25, 0.3) is 0 Å². The SMILES string of the molecule is Cc1cc(Nc2n[nH]c(-c3cc(F)cc(F)c3)n2)cc(OCC2CCOC2)c1. The lowest BCUT2D eigenvalue weighted by molar-refractivity contribution is 0.167. The number of aromatic amines is 1. The van der Waals surface area contributed by atoms with Crippen molar-refractivity contribution in [3.63, 3.8) is 0 Å².